The summed E-state index contributed by atoms with van der Waals surface area (Å²) in [6.45, 7) is 4.87. The third kappa shape index (κ3) is 6.41. The monoisotopic (exact) mass is 466 g/mol. The molecule has 0 saturated carbocycles. The van der Waals surface area contributed by atoms with Gasteiger partial charge in [0.2, 0.25) is 0 Å². The van der Waals surface area contributed by atoms with Crippen LogP contribution in [0.25, 0.3) is 5.57 Å². The topological polar surface area (TPSA) is 119 Å². The molecule has 0 atom stereocenters. The van der Waals surface area contributed by atoms with Crippen LogP contribution in [0.2, 0.25) is 0 Å². The van der Waals surface area contributed by atoms with E-state index in [4.69, 9.17) is 10.5 Å². The number of unbranched alkanes of at least 4 members (excludes halogenated alkanes) is 1. The van der Waals surface area contributed by atoms with Gasteiger partial charge in [-0.15, -0.1) is 0 Å². The summed E-state index contributed by atoms with van der Waals surface area (Å²) in [5.74, 6) is -0.845. The lowest BCUT2D eigenvalue weighted by Gasteiger charge is -2.27. The molecule has 2 aromatic rings. The largest absolute Gasteiger partial charge is 0.449 e. The van der Waals surface area contributed by atoms with Gasteiger partial charge in [0.05, 0.1) is 22.8 Å². The van der Waals surface area contributed by atoms with Crippen LogP contribution in [0.1, 0.15) is 42.1 Å². The summed E-state index contributed by atoms with van der Waals surface area (Å²) in [5.41, 5.74) is 7.93. The first-order chi connectivity index (χ1) is 16.4. The molecule has 2 aromatic carbocycles. The third-order valence-electron chi connectivity index (χ3n) is 5.78. The summed E-state index contributed by atoms with van der Waals surface area (Å²) in [7, 11) is 0. The van der Waals surface area contributed by atoms with E-state index in [-0.39, 0.29) is 23.5 Å². The lowest BCUT2D eigenvalue weighted by atomic mass is 9.99. The van der Waals surface area contributed by atoms with Gasteiger partial charge in [-0.05, 0) is 49.9 Å². The van der Waals surface area contributed by atoms with Gasteiger partial charge >= 0.3 is 6.09 Å². The number of nitro groups is 1. The van der Waals surface area contributed by atoms with Gasteiger partial charge in [0.15, 0.2) is 0 Å². The second kappa shape index (κ2) is 11.9. The summed E-state index contributed by atoms with van der Waals surface area (Å²) < 4.78 is 5.15. The van der Waals surface area contributed by atoms with Gasteiger partial charge in [-0.2, -0.15) is 0 Å². The Kier molecular flexibility index (Phi) is 8.75. The summed E-state index contributed by atoms with van der Waals surface area (Å²) in [5, 5.41) is 11.1. The number of hydrogen-bond acceptors (Lipinski definition) is 6. The van der Waals surface area contributed by atoms with Crippen molar-refractivity contribution in [2.24, 2.45) is 5.73 Å². The van der Waals surface area contributed by atoms with E-state index in [1.54, 1.807) is 6.92 Å². The number of carbonyl (C=O) groups excluding carboxylic acids is 2. The molecule has 3 rings (SSSR count). The van der Waals surface area contributed by atoms with Crippen molar-refractivity contribution in [3.63, 3.8) is 0 Å². The molecule has 0 fully saturated rings. The number of primary amides is 1. The second-order valence-corrected chi connectivity index (χ2v) is 8.03. The standard InChI is InChI=1S/C25H30N4O5/c1-2-34-25(31)28(23-11-10-21(29(32)33)18-22(23)24(26)30)15-7-6-14-27-16-12-20(13-17-27)19-8-4-3-5-9-19/h3-5,8-12,18H,2,6-7,13-17H2,1H3,(H2,26,30). The van der Waals surface area contributed by atoms with E-state index < -0.39 is 16.9 Å². The van der Waals surface area contributed by atoms with E-state index in [2.05, 4.69) is 23.1 Å². The molecule has 1 heterocycles. The number of anilines is 1. The van der Waals surface area contributed by atoms with Crippen LogP contribution in [-0.4, -0.2) is 54.6 Å². The maximum Gasteiger partial charge on any atom is 0.414 e. The number of benzene rings is 2. The maximum atomic E-state index is 12.6. The van der Waals surface area contributed by atoms with Gasteiger partial charge in [-0.3, -0.25) is 24.7 Å². The molecule has 0 bridgehead atoms. The number of amides is 2. The SMILES string of the molecule is CCOC(=O)N(CCCCN1CC=C(c2ccccc2)CC1)c1ccc([N+](=O)[O-])cc1C(N)=O. The van der Waals surface area contributed by atoms with Crippen LogP contribution < -0.4 is 10.6 Å². The molecule has 0 radical (unpaired) electrons. The number of hydrogen-bond donors (Lipinski definition) is 1. The fourth-order valence-corrected chi connectivity index (χ4v) is 4.02. The lowest BCUT2D eigenvalue weighted by Crippen LogP contribution is -2.35. The van der Waals surface area contributed by atoms with Crippen LogP contribution in [-0.2, 0) is 4.74 Å². The number of carbonyl (C=O) groups is 2. The highest BCUT2D eigenvalue weighted by Gasteiger charge is 2.24. The van der Waals surface area contributed by atoms with Gasteiger partial charge in [0.25, 0.3) is 11.6 Å². The Morgan fingerprint density at radius 1 is 1.18 bits per heavy atom. The Bertz CT molecular complexity index is 1050. The van der Waals surface area contributed by atoms with Crippen molar-refractivity contribution in [1.82, 2.24) is 4.90 Å². The van der Waals surface area contributed by atoms with Crippen molar-refractivity contribution >= 4 is 28.9 Å². The number of nitro benzene ring substituents is 1. The zero-order chi connectivity index (χ0) is 24.5. The molecule has 0 aliphatic carbocycles. The summed E-state index contributed by atoms with van der Waals surface area (Å²) in [4.78, 5) is 38.7. The molecule has 180 valence electrons. The Morgan fingerprint density at radius 2 is 1.94 bits per heavy atom. The van der Waals surface area contributed by atoms with Gasteiger partial charge < -0.3 is 10.5 Å². The number of rotatable bonds is 10. The summed E-state index contributed by atoms with van der Waals surface area (Å²) >= 11 is 0. The van der Waals surface area contributed by atoms with E-state index in [1.165, 1.54) is 28.2 Å². The lowest BCUT2D eigenvalue weighted by molar-refractivity contribution is -0.384. The molecule has 0 unspecified atom stereocenters. The molecule has 1 aliphatic heterocycles. The molecule has 2 N–H and O–H groups in total. The normalized spacial score (nSPS) is 13.7. The minimum atomic E-state index is -0.845. The zero-order valence-corrected chi connectivity index (χ0v) is 19.3. The molecule has 9 heteroatoms. The highest BCUT2D eigenvalue weighted by Crippen LogP contribution is 2.27. The second-order valence-electron chi connectivity index (χ2n) is 8.03. The predicted molar refractivity (Wildman–Crippen MR) is 131 cm³/mol. The smallest absolute Gasteiger partial charge is 0.414 e. The number of non-ortho nitro benzene ring substituents is 1. The van der Waals surface area contributed by atoms with Crippen molar-refractivity contribution in [3.05, 3.63) is 75.8 Å². The first-order valence-corrected chi connectivity index (χ1v) is 11.4. The summed E-state index contributed by atoms with van der Waals surface area (Å²) in [6.07, 6.45) is 4.14. The Balaban J connectivity index is 1.61. The van der Waals surface area contributed by atoms with E-state index in [9.17, 15) is 19.7 Å². The van der Waals surface area contributed by atoms with Crippen LogP contribution >= 0.6 is 0 Å². The first-order valence-electron chi connectivity index (χ1n) is 11.4. The van der Waals surface area contributed by atoms with Crippen molar-refractivity contribution in [2.45, 2.75) is 26.2 Å². The third-order valence-corrected chi connectivity index (χ3v) is 5.78. The van der Waals surface area contributed by atoms with Crippen LogP contribution in [0, 0.1) is 10.1 Å². The number of nitrogens with two attached hydrogens (primary N) is 1. The fraction of sp³-hybridized carbons (Fsp3) is 0.360. The Labute approximate surface area is 198 Å². The molecule has 0 aromatic heterocycles. The fourth-order valence-electron chi connectivity index (χ4n) is 4.02. The van der Waals surface area contributed by atoms with Crippen LogP contribution in [0.15, 0.2) is 54.6 Å². The molecular formula is C25H30N4O5. The molecule has 0 saturated heterocycles. The zero-order valence-electron chi connectivity index (χ0n) is 19.3. The average Bonchev–Trinajstić information content (AvgIpc) is 2.84. The summed E-state index contributed by atoms with van der Waals surface area (Å²) in [6, 6.07) is 14.1. The van der Waals surface area contributed by atoms with E-state index >= 15 is 0 Å². The molecule has 0 spiro atoms. The van der Waals surface area contributed by atoms with Gasteiger partial charge in [0.1, 0.15) is 0 Å². The van der Waals surface area contributed by atoms with Gasteiger partial charge in [-0.1, -0.05) is 36.4 Å². The highest BCUT2D eigenvalue weighted by atomic mass is 16.6. The van der Waals surface area contributed by atoms with E-state index in [1.807, 2.05) is 18.2 Å². The number of nitrogens with zero attached hydrogens (tertiary/aromatic N) is 3. The van der Waals surface area contributed by atoms with Gasteiger partial charge in [0, 0.05) is 31.8 Å². The van der Waals surface area contributed by atoms with Crippen LogP contribution in [0.3, 0.4) is 0 Å². The molecule has 9 nitrogen and oxygen atoms in total. The Morgan fingerprint density at radius 3 is 2.56 bits per heavy atom. The maximum absolute atomic E-state index is 12.6. The number of ether oxygens (including phenoxy) is 1. The minimum Gasteiger partial charge on any atom is -0.449 e. The quantitative estimate of drug-likeness (QED) is 0.318. The predicted octanol–water partition coefficient (Wildman–Crippen LogP) is 4.23. The Hall–Kier alpha value is -3.72. The molecule has 34 heavy (non-hydrogen) atoms. The van der Waals surface area contributed by atoms with Crippen molar-refractivity contribution in [3.8, 4) is 0 Å². The molecule has 2 amide bonds. The average molecular weight is 467 g/mol. The van der Waals surface area contributed by atoms with Crippen molar-refractivity contribution in [2.75, 3.05) is 37.7 Å². The van der Waals surface area contributed by atoms with Crippen LogP contribution in [0.5, 0.6) is 0 Å². The van der Waals surface area contributed by atoms with E-state index in [0.29, 0.717) is 13.0 Å². The van der Waals surface area contributed by atoms with Gasteiger partial charge in [-0.25, -0.2) is 4.79 Å². The van der Waals surface area contributed by atoms with Crippen LogP contribution in [0.4, 0.5) is 16.2 Å². The van der Waals surface area contributed by atoms with Crippen molar-refractivity contribution in [1.29, 1.82) is 0 Å². The highest BCUT2D eigenvalue weighted by molar-refractivity contribution is 6.03. The van der Waals surface area contributed by atoms with Crippen molar-refractivity contribution < 1.29 is 19.2 Å². The molecule has 1 aliphatic rings. The molecular weight excluding hydrogens is 436 g/mol. The van der Waals surface area contributed by atoms with E-state index in [0.717, 1.165) is 38.5 Å². The first kappa shape index (κ1) is 24.9. The minimum absolute atomic E-state index is 0.0862.